The molecule has 0 saturated carbocycles. The zero-order chi connectivity index (χ0) is 13.4. The smallest absolute Gasteiger partial charge is 0.161 e. The summed E-state index contributed by atoms with van der Waals surface area (Å²) in [6.45, 7) is 8.15. The fourth-order valence-corrected chi connectivity index (χ4v) is 2.49. The van der Waals surface area contributed by atoms with Gasteiger partial charge in [-0.2, -0.15) is 0 Å². The van der Waals surface area contributed by atoms with E-state index in [4.69, 9.17) is 9.97 Å². The molecule has 4 nitrogen and oxygen atoms in total. The minimum absolute atomic E-state index is 0.410. The highest BCUT2D eigenvalue weighted by Gasteiger charge is 2.21. The quantitative estimate of drug-likeness (QED) is 0.895. The standard InChI is InChI=1S/C15H18N4/c1-9(2)14-12-7-17-8-13(12)18-15(19-14)11-6-16-5-4-10(11)3/h4-6,9,17H,7-8H2,1-3H3. The molecular formula is C15H18N4. The Morgan fingerprint density at radius 2 is 2.05 bits per heavy atom. The van der Waals surface area contributed by atoms with Gasteiger partial charge in [-0.3, -0.25) is 4.98 Å². The van der Waals surface area contributed by atoms with E-state index in [9.17, 15) is 0 Å². The third-order valence-electron chi connectivity index (χ3n) is 3.55. The van der Waals surface area contributed by atoms with Crippen LogP contribution in [0.3, 0.4) is 0 Å². The van der Waals surface area contributed by atoms with E-state index in [0.29, 0.717) is 5.92 Å². The molecule has 2 aromatic heterocycles. The molecular weight excluding hydrogens is 236 g/mol. The molecule has 1 aliphatic heterocycles. The van der Waals surface area contributed by atoms with Gasteiger partial charge < -0.3 is 5.32 Å². The van der Waals surface area contributed by atoms with Crippen LogP contribution in [0.2, 0.25) is 0 Å². The van der Waals surface area contributed by atoms with Crippen LogP contribution in [0.1, 0.15) is 42.3 Å². The summed E-state index contributed by atoms with van der Waals surface area (Å²) in [5.74, 6) is 1.21. The van der Waals surface area contributed by atoms with E-state index < -0.39 is 0 Å². The third-order valence-corrected chi connectivity index (χ3v) is 3.55. The maximum Gasteiger partial charge on any atom is 0.161 e. The Hall–Kier alpha value is -1.81. The normalized spacial score (nSPS) is 13.9. The van der Waals surface area contributed by atoms with E-state index in [2.05, 4.69) is 31.1 Å². The lowest BCUT2D eigenvalue weighted by Crippen LogP contribution is -2.06. The van der Waals surface area contributed by atoms with Gasteiger partial charge >= 0.3 is 0 Å². The SMILES string of the molecule is Cc1ccncc1-c1nc2c(c(C(C)C)n1)CNC2. The van der Waals surface area contributed by atoms with E-state index in [1.54, 1.807) is 6.20 Å². The summed E-state index contributed by atoms with van der Waals surface area (Å²) in [7, 11) is 0. The average molecular weight is 254 g/mol. The molecule has 0 bridgehead atoms. The molecule has 0 aromatic carbocycles. The fourth-order valence-electron chi connectivity index (χ4n) is 2.49. The molecule has 0 fully saturated rings. The van der Waals surface area contributed by atoms with Gasteiger partial charge in [-0.05, 0) is 24.5 Å². The molecule has 98 valence electrons. The number of hydrogen-bond donors (Lipinski definition) is 1. The van der Waals surface area contributed by atoms with E-state index >= 15 is 0 Å². The second-order valence-electron chi connectivity index (χ2n) is 5.31. The van der Waals surface area contributed by atoms with Crippen molar-refractivity contribution in [2.24, 2.45) is 0 Å². The maximum atomic E-state index is 4.78. The predicted molar refractivity (Wildman–Crippen MR) is 74.6 cm³/mol. The van der Waals surface area contributed by atoms with Gasteiger partial charge in [-0.15, -0.1) is 0 Å². The van der Waals surface area contributed by atoms with Crippen molar-refractivity contribution >= 4 is 0 Å². The number of rotatable bonds is 2. The molecule has 2 aromatic rings. The van der Waals surface area contributed by atoms with Gasteiger partial charge in [0.25, 0.3) is 0 Å². The summed E-state index contributed by atoms with van der Waals surface area (Å²) in [6.07, 6.45) is 3.65. The predicted octanol–water partition coefficient (Wildman–Crippen LogP) is 2.57. The summed E-state index contributed by atoms with van der Waals surface area (Å²) >= 11 is 0. The Balaban J connectivity index is 2.19. The first-order valence-corrected chi connectivity index (χ1v) is 6.68. The molecule has 1 N–H and O–H groups in total. The number of aromatic nitrogens is 3. The lowest BCUT2D eigenvalue weighted by atomic mass is 10.0. The second-order valence-corrected chi connectivity index (χ2v) is 5.31. The lowest BCUT2D eigenvalue weighted by molar-refractivity contribution is 0.746. The van der Waals surface area contributed by atoms with E-state index in [-0.39, 0.29) is 0 Å². The van der Waals surface area contributed by atoms with Gasteiger partial charge in [-0.1, -0.05) is 13.8 Å². The van der Waals surface area contributed by atoms with E-state index in [1.807, 2.05) is 12.3 Å². The Morgan fingerprint density at radius 1 is 1.21 bits per heavy atom. The van der Waals surface area contributed by atoms with Crippen LogP contribution in [-0.4, -0.2) is 15.0 Å². The number of hydrogen-bond acceptors (Lipinski definition) is 4. The Labute approximate surface area is 113 Å². The molecule has 0 aliphatic carbocycles. The minimum atomic E-state index is 0.410. The summed E-state index contributed by atoms with van der Waals surface area (Å²) in [6, 6.07) is 2.00. The minimum Gasteiger partial charge on any atom is -0.307 e. The van der Waals surface area contributed by atoms with Crippen LogP contribution in [0, 0.1) is 6.92 Å². The molecule has 0 atom stereocenters. The van der Waals surface area contributed by atoms with Crippen molar-refractivity contribution in [2.75, 3.05) is 0 Å². The Bertz CT molecular complexity index is 620. The van der Waals surface area contributed by atoms with Crippen LogP contribution >= 0.6 is 0 Å². The van der Waals surface area contributed by atoms with Crippen LogP contribution in [0.25, 0.3) is 11.4 Å². The van der Waals surface area contributed by atoms with E-state index in [1.165, 1.54) is 5.56 Å². The van der Waals surface area contributed by atoms with Gasteiger partial charge in [0.2, 0.25) is 0 Å². The highest BCUT2D eigenvalue weighted by molar-refractivity contribution is 5.59. The van der Waals surface area contributed by atoms with Crippen LogP contribution < -0.4 is 5.32 Å². The van der Waals surface area contributed by atoms with Crippen LogP contribution in [-0.2, 0) is 13.1 Å². The summed E-state index contributed by atoms with van der Waals surface area (Å²) in [5, 5.41) is 3.36. The molecule has 0 saturated heterocycles. The molecule has 0 unspecified atom stereocenters. The summed E-state index contributed by atoms with van der Waals surface area (Å²) < 4.78 is 0. The van der Waals surface area contributed by atoms with Gasteiger partial charge in [-0.25, -0.2) is 9.97 Å². The van der Waals surface area contributed by atoms with Crippen molar-refractivity contribution in [2.45, 2.75) is 39.8 Å². The monoisotopic (exact) mass is 254 g/mol. The number of pyridine rings is 1. The Morgan fingerprint density at radius 3 is 2.79 bits per heavy atom. The molecule has 4 heteroatoms. The molecule has 0 spiro atoms. The number of fused-ring (bicyclic) bond motifs is 1. The van der Waals surface area contributed by atoms with Gasteiger partial charge in [0.15, 0.2) is 5.82 Å². The highest BCUT2D eigenvalue weighted by Crippen LogP contribution is 2.27. The fraction of sp³-hybridized carbons (Fsp3) is 0.400. The first-order valence-electron chi connectivity index (χ1n) is 6.68. The van der Waals surface area contributed by atoms with Crippen molar-refractivity contribution in [3.63, 3.8) is 0 Å². The van der Waals surface area contributed by atoms with Crippen molar-refractivity contribution in [3.8, 4) is 11.4 Å². The first kappa shape index (κ1) is 12.2. The van der Waals surface area contributed by atoms with Crippen molar-refractivity contribution in [3.05, 3.63) is 41.0 Å². The molecule has 3 rings (SSSR count). The van der Waals surface area contributed by atoms with Crippen LogP contribution in [0.15, 0.2) is 18.5 Å². The van der Waals surface area contributed by atoms with Crippen LogP contribution in [0.5, 0.6) is 0 Å². The lowest BCUT2D eigenvalue weighted by Gasteiger charge is -2.13. The molecule has 0 radical (unpaired) electrons. The topological polar surface area (TPSA) is 50.7 Å². The zero-order valence-electron chi connectivity index (χ0n) is 11.6. The van der Waals surface area contributed by atoms with E-state index in [0.717, 1.165) is 41.4 Å². The Kier molecular flexibility index (Phi) is 3.03. The van der Waals surface area contributed by atoms with Gasteiger partial charge in [0.1, 0.15) is 0 Å². The first-order chi connectivity index (χ1) is 9.16. The van der Waals surface area contributed by atoms with Gasteiger partial charge in [0.05, 0.1) is 11.4 Å². The highest BCUT2D eigenvalue weighted by atomic mass is 15.0. The molecule has 19 heavy (non-hydrogen) atoms. The largest absolute Gasteiger partial charge is 0.307 e. The van der Waals surface area contributed by atoms with Crippen molar-refractivity contribution in [1.82, 2.24) is 20.3 Å². The van der Waals surface area contributed by atoms with Gasteiger partial charge in [0, 0.05) is 36.6 Å². The molecule has 3 heterocycles. The van der Waals surface area contributed by atoms with Crippen molar-refractivity contribution in [1.29, 1.82) is 0 Å². The summed E-state index contributed by atoms with van der Waals surface area (Å²) in [5.41, 5.74) is 5.76. The number of nitrogens with one attached hydrogen (secondary N) is 1. The second kappa shape index (κ2) is 4.70. The summed E-state index contributed by atoms with van der Waals surface area (Å²) in [4.78, 5) is 13.7. The average Bonchev–Trinajstić information content (AvgIpc) is 2.86. The molecule has 0 amide bonds. The maximum absolute atomic E-state index is 4.78. The van der Waals surface area contributed by atoms with Crippen molar-refractivity contribution < 1.29 is 0 Å². The van der Waals surface area contributed by atoms with Crippen LogP contribution in [0.4, 0.5) is 0 Å². The number of nitrogens with zero attached hydrogens (tertiary/aromatic N) is 3. The molecule has 1 aliphatic rings. The zero-order valence-corrected chi connectivity index (χ0v) is 11.6. The number of aryl methyl sites for hydroxylation is 1. The third kappa shape index (κ3) is 2.12.